The molecule has 2 aromatic rings. The van der Waals surface area contributed by atoms with Crippen LogP contribution in [-0.4, -0.2) is 25.8 Å². The summed E-state index contributed by atoms with van der Waals surface area (Å²) in [5, 5.41) is 12.8. The summed E-state index contributed by atoms with van der Waals surface area (Å²) in [6.45, 7) is 0.946. The standard InChI is InChI=1S/C18H23NO2/c1-19-13-16(11-15-4-3-5-17(20)12-15)10-14-6-8-18(21-2)9-7-14/h3-9,12,16,19-20H,10-11,13H2,1-2H3. The van der Waals surface area contributed by atoms with Gasteiger partial charge in [-0.3, -0.25) is 0 Å². The molecule has 0 saturated heterocycles. The van der Waals surface area contributed by atoms with Crippen LogP contribution in [0.3, 0.4) is 0 Å². The Hall–Kier alpha value is -2.00. The van der Waals surface area contributed by atoms with Gasteiger partial charge in [0.15, 0.2) is 0 Å². The maximum absolute atomic E-state index is 9.57. The van der Waals surface area contributed by atoms with E-state index in [-0.39, 0.29) is 0 Å². The zero-order chi connectivity index (χ0) is 15.1. The molecule has 1 atom stereocenters. The first-order valence-electron chi connectivity index (χ1n) is 7.26. The monoisotopic (exact) mass is 285 g/mol. The average Bonchev–Trinajstić information content (AvgIpc) is 2.48. The van der Waals surface area contributed by atoms with E-state index in [0.717, 1.165) is 25.1 Å². The Morgan fingerprint density at radius 3 is 2.38 bits per heavy atom. The molecule has 2 aromatic carbocycles. The summed E-state index contributed by atoms with van der Waals surface area (Å²) in [6.07, 6.45) is 1.95. The summed E-state index contributed by atoms with van der Waals surface area (Å²) >= 11 is 0. The molecule has 0 aliphatic carbocycles. The van der Waals surface area contributed by atoms with Gasteiger partial charge in [-0.2, -0.15) is 0 Å². The first-order chi connectivity index (χ1) is 10.2. The number of nitrogens with one attached hydrogen (secondary N) is 1. The van der Waals surface area contributed by atoms with Crippen LogP contribution in [-0.2, 0) is 12.8 Å². The summed E-state index contributed by atoms with van der Waals surface area (Å²) in [6, 6.07) is 15.7. The molecule has 0 bridgehead atoms. The number of benzene rings is 2. The van der Waals surface area contributed by atoms with Gasteiger partial charge >= 0.3 is 0 Å². The van der Waals surface area contributed by atoms with Gasteiger partial charge in [0.05, 0.1) is 7.11 Å². The van der Waals surface area contributed by atoms with Crippen molar-refractivity contribution in [2.24, 2.45) is 5.92 Å². The molecule has 2 N–H and O–H groups in total. The molecule has 0 spiro atoms. The van der Waals surface area contributed by atoms with Crippen LogP contribution >= 0.6 is 0 Å². The molecule has 0 heterocycles. The van der Waals surface area contributed by atoms with Crippen molar-refractivity contribution in [2.45, 2.75) is 12.8 Å². The van der Waals surface area contributed by atoms with Crippen molar-refractivity contribution in [3.63, 3.8) is 0 Å². The summed E-state index contributed by atoms with van der Waals surface area (Å²) in [4.78, 5) is 0. The molecule has 0 aliphatic heterocycles. The molecule has 0 saturated carbocycles. The number of rotatable bonds is 7. The van der Waals surface area contributed by atoms with Crippen LogP contribution in [0.25, 0.3) is 0 Å². The Morgan fingerprint density at radius 1 is 1.05 bits per heavy atom. The summed E-state index contributed by atoms with van der Waals surface area (Å²) < 4.78 is 5.19. The first-order valence-corrected chi connectivity index (χ1v) is 7.26. The average molecular weight is 285 g/mol. The second-order valence-corrected chi connectivity index (χ2v) is 5.35. The van der Waals surface area contributed by atoms with E-state index >= 15 is 0 Å². The van der Waals surface area contributed by atoms with Gasteiger partial charge in [-0.15, -0.1) is 0 Å². The molecule has 0 aliphatic rings. The van der Waals surface area contributed by atoms with E-state index in [1.54, 1.807) is 13.2 Å². The number of aromatic hydroxyl groups is 1. The quantitative estimate of drug-likeness (QED) is 0.821. The number of ether oxygens (including phenoxy) is 1. The van der Waals surface area contributed by atoms with Crippen LogP contribution in [0.4, 0.5) is 0 Å². The topological polar surface area (TPSA) is 41.5 Å². The van der Waals surface area contributed by atoms with Crippen molar-refractivity contribution in [3.8, 4) is 11.5 Å². The maximum atomic E-state index is 9.57. The van der Waals surface area contributed by atoms with Crippen LogP contribution in [0.5, 0.6) is 11.5 Å². The predicted octanol–water partition coefficient (Wildman–Crippen LogP) is 3.02. The summed E-state index contributed by atoms with van der Waals surface area (Å²) in [5.41, 5.74) is 2.47. The van der Waals surface area contributed by atoms with E-state index in [9.17, 15) is 5.11 Å². The SMILES string of the molecule is CNCC(Cc1ccc(OC)cc1)Cc1cccc(O)c1. The Balaban J connectivity index is 2.04. The van der Waals surface area contributed by atoms with Gasteiger partial charge in [-0.25, -0.2) is 0 Å². The highest BCUT2D eigenvalue weighted by molar-refractivity contribution is 5.29. The smallest absolute Gasteiger partial charge is 0.118 e. The predicted molar refractivity (Wildman–Crippen MR) is 85.9 cm³/mol. The summed E-state index contributed by atoms with van der Waals surface area (Å²) in [5.74, 6) is 1.71. The van der Waals surface area contributed by atoms with Crippen LogP contribution in [0.1, 0.15) is 11.1 Å². The second-order valence-electron chi connectivity index (χ2n) is 5.35. The molecular weight excluding hydrogens is 262 g/mol. The van der Waals surface area contributed by atoms with Gasteiger partial charge < -0.3 is 15.2 Å². The van der Waals surface area contributed by atoms with Gasteiger partial charge in [0, 0.05) is 0 Å². The largest absolute Gasteiger partial charge is 0.508 e. The van der Waals surface area contributed by atoms with E-state index in [4.69, 9.17) is 4.74 Å². The number of hydrogen-bond donors (Lipinski definition) is 2. The normalized spacial score (nSPS) is 12.1. The van der Waals surface area contributed by atoms with E-state index in [0.29, 0.717) is 11.7 Å². The van der Waals surface area contributed by atoms with Gasteiger partial charge in [-0.05, 0) is 67.7 Å². The molecule has 21 heavy (non-hydrogen) atoms. The van der Waals surface area contributed by atoms with E-state index < -0.39 is 0 Å². The van der Waals surface area contributed by atoms with Crippen molar-refractivity contribution in [3.05, 3.63) is 59.7 Å². The number of methoxy groups -OCH3 is 1. The Labute approximate surface area is 126 Å². The highest BCUT2D eigenvalue weighted by Gasteiger charge is 2.11. The fourth-order valence-electron chi connectivity index (χ4n) is 2.62. The van der Waals surface area contributed by atoms with Crippen molar-refractivity contribution in [1.82, 2.24) is 5.32 Å². The first kappa shape index (κ1) is 15.4. The van der Waals surface area contributed by atoms with Gasteiger partial charge in [0.25, 0.3) is 0 Å². The molecule has 3 nitrogen and oxygen atoms in total. The molecule has 0 aromatic heterocycles. The Morgan fingerprint density at radius 2 is 1.76 bits per heavy atom. The third-order valence-electron chi connectivity index (χ3n) is 3.61. The van der Waals surface area contributed by atoms with Crippen molar-refractivity contribution < 1.29 is 9.84 Å². The number of hydrogen-bond acceptors (Lipinski definition) is 3. The highest BCUT2D eigenvalue weighted by atomic mass is 16.5. The molecule has 2 rings (SSSR count). The lowest BCUT2D eigenvalue weighted by Crippen LogP contribution is -2.22. The molecule has 3 heteroatoms. The zero-order valence-electron chi connectivity index (χ0n) is 12.7. The second kappa shape index (κ2) is 7.70. The van der Waals surface area contributed by atoms with Crippen molar-refractivity contribution >= 4 is 0 Å². The van der Waals surface area contributed by atoms with E-state index in [2.05, 4.69) is 23.5 Å². The molecule has 0 radical (unpaired) electrons. The van der Waals surface area contributed by atoms with Crippen molar-refractivity contribution in [2.75, 3.05) is 20.7 Å². The van der Waals surface area contributed by atoms with E-state index in [1.807, 2.05) is 31.3 Å². The zero-order valence-corrected chi connectivity index (χ0v) is 12.7. The van der Waals surface area contributed by atoms with Crippen LogP contribution < -0.4 is 10.1 Å². The third-order valence-corrected chi connectivity index (χ3v) is 3.61. The lowest BCUT2D eigenvalue weighted by molar-refractivity contribution is 0.414. The third kappa shape index (κ3) is 4.80. The van der Waals surface area contributed by atoms with Gasteiger partial charge in [0.1, 0.15) is 11.5 Å². The summed E-state index contributed by atoms with van der Waals surface area (Å²) in [7, 11) is 3.66. The molecule has 112 valence electrons. The fourth-order valence-corrected chi connectivity index (χ4v) is 2.62. The lowest BCUT2D eigenvalue weighted by atomic mass is 9.92. The minimum Gasteiger partial charge on any atom is -0.508 e. The van der Waals surface area contributed by atoms with Gasteiger partial charge in [-0.1, -0.05) is 24.3 Å². The van der Waals surface area contributed by atoms with Crippen molar-refractivity contribution in [1.29, 1.82) is 0 Å². The number of phenols is 1. The lowest BCUT2D eigenvalue weighted by Gasteiger charge is -2.17. The molecule has 0 amide bonds. The molecule has 1 unspecified atom stereocenters. The Bertz CT molecular complexity index is 551. The van der Waals surface area contributed by atoms with Crippen LogP contribution in [0, 0.1) is 5.92 Å². The highest BCUT2D eigenvalue weighted by Crippen LogP contribution is 2.19. The van der Waals surface area contributed by atoms with Gasteiger partial charge in [0.2, 0.25) is 0 Å². The molecule has 0 fully saturated rings. The van der Waals surface area contributed by atoms with Crippen LogP contribution in [0.15, 0.2) is 48.5 Å². The fraction of sp³-hybridized carbons (Fsp3) is 0.333. The minimum atomic E-state index is 0.333. The van der Waals surface area contributed by atoms with Crippen LogP contribution in [0.2, 0.25) is 0 Å². The Kier molecular flexibility index (Phi) is 5.64. The van der Waals surface area contributed by atoms with E-state index in [1.165, 1.54) is 11.1 Å². The molecular formula is C18H23NO2. The number of phenolic OH excluding ortho intramolecular Hbond substituents is 1. The minimum absolute atomic E-state index is 0.333. The maximum Gasteiger partial charge on any atom is 0.118 e.